The van der Waals surface area contributed by atoms with Gasteiger partial charge in [0.1, 0.15) is 19.0 Å². The van der Waals surface area contributed by atoms with Crippen molar-refractivity contribution in [2.45, 2.75) is 0 Å². The molecule has 0 fully saturated rings. The first-order chi connectivity index (χ1) is 8.33. The maximum Gasteiger partial charge on any atom is 0.246 e. The van der Waals surface area contributed by atoms with Gasteiger partial charge in [-0.15, -0.1) is 0 Å². The van der Waals surface area contributed by atoms with Gasteiger partial charge in [0.15, 0.2) is 0 Å². The average molecular weight is 238 g/mol. The Hall–Kier alpha value is -1.59. The highest BCUT2D eigenvalue weighted by atomic mass is 16.5. The summed E-state index contributed by atoms with van der Waals surface area (Å²) in [6.07, 6.45) is 0. The fourth-order valence-electron chi connectivity index (χ4n) is 1.18. The first kappa shape index (κ1) is 13.5. The Labute approximate surface area is 101 Å². The summed E-state index contributed by atoms with van der Waals surface area (Å²) in [5.41, 5.74) is 5.22. The standard InChI is InChI=1S/C12H18N2O3/c13-6-8-16-10-12(15)14-7-9-17-11-4-2-1-3-5-11/h1-5H,6-10,13H2,(H,14,15). The van der Waals surface area contributed by atoms with Crippen LogP contribution in [0.5, 0.6) is 5.75 Å². The highest BCUT2D eigenvalue weighted by Crippen LogP contribution is 2.07. The summed E-state index contributed by atoms with van der Waals surface area (Å²) in [5.74, 6) is 0.635. The molecule has 0 aliphatic carbocycles. The quantitative estimate of drug-likeness (QED) is 0.633. The zero-order valence-corrected chi connectivity index (χ0v) is 9.72. The van der Waals surface area contributed by atoms with Crippen molar-refractivity contribution in [3.63, 3.8) is 0 Å². The lowest BCUT2D eigenvalue weighted by Gasteiger charge is -2.07. The lowest BCUT2D eigenvalue weighted by molar-refractivity contribution is -0.125. The summed E-state index contributed by atoms with van der Waals surface area (Å²) >= 11 is 0. The van der Waals surface area contributed by atoms with Gasteiger partial charge in [0.05, 0.1) is 13.2 Å². The van der Waals surface area contributed by atoms with Gasteiger partial charge in [0.2, 0.25) is 5.91 Å². The maximum atomic E-state index is 11.2. The highest BCUT2D eigenvalue weighted by molar-refractivity contribution is 5.77. The highest BCUT2D eigenvalue weighted by Gasteiger charge is 1.99. The Bertz CT molecular complexity index is 317. The minimum atomic E-state index is -0.157. The van der Waals surface area contributed by atoms with Crippen molar-refractivity contribution in [3.8, 4) is 5.75 Å². The van der Waals surface area contributed by atoms with Gasteiger partial charge in [0.25, 0.3) is 0 Å². The molecule has 1 amide bonds. The molecule has 1 aromatic rings. The SMILES string of the molecule is NCCOCC(=O)NCCOc1ccccc1. The summed E-state index contributed by atoms with van der Waals surface area (Å²) in [6.45, 7) is 1.76. The molecule has 0 unspecified atom stereocenters. The van der Waals surface area contributed by atoms with Gasteiger partial charge in [-0.2, -0.15) is 0 Å². The number of hydrogen-bond acceptors (Lipinski definition) is 4. The second-order valence-corrected chi connectivity index (χ2v) is 3.35. The zero-order valence-electron chi connectivity index (χ0n) is 9.72. The van der Waals surface area contributed by atoms with Crippen LogP contribution >= 0.6 is 0 Å². The van der Waals surface area contributed by atoms with Crippen LogP contribution in [-0.2, 0) is 9.53 Å². The Morgan fingerprint density at radius 3 is 2.71 bits per heavy atom. The van der Waals surface area contributed by atoms with Crippen LogP contribution in [0, 0.1) is 0 Å². The van der Waals surface area contributed by atoms with E-state index in [0.717, 1.165) is 5.75 Å². The van der Waals surface area contributed by atoms with E-state index in [4.69, 9.17) is 15.2 Å². The van der Waals surface area contributed by atoms with Crippen molar-refractivity contribution in [1.82, 2.24) is 5.32 Å². The van der Waals surface area contributed by atoms with Gasteiger partial charge < -0.3 is 20.5 Å². The molecule has 5 heteroatoms. The topological polar surface area (TPSA) is 73.6 Å². The fourth-order valence-corrected chi connectivity index (χ4v) is 1.18. The number of nitrogens with two attached hydrogens (primary N) is 1. The number of carbonyl (C=O) groups excluding carboxylic acids is 1. The van der Waals surface area contributed by atoms with Crippen LogP contribution in [0.3, 0.4) is 0 Å². The van der Waals surface area contributed by atoms with Crippen LogP contribution in [0.4, 0.5) is 0 Å². The van der Waals surface area contributed by atoms with Crippen LogP contribution in [0.2, 0.25) is 0 Å². The molecule has 0 saturated carbocycles. The summed E-state index contributed by atoms with van der Waals surface area (Å²) in [6, 6.07) is 9.45. The minimum absolute atomic E-state index is 0.0442. The molecule has 0 radical (unpaired) electrons. The Morgan fingerprint density at radius 2 is 2.00 bits per heavy atom. The average Bonchev–Trinajstić information content (AvgIpc) is 2.36. The van der Waals surface area contributed by atoms with Gasteiger partial charge in [-0.25, -0.2) is 0 Å². The number of nitrogens with one attached hydrogen (secondary N) is 1. The van der Waals surface area contributed by atoms with E-state index in [1.54, 1.807) is 0 Å². The lowest BCUT2D eigenvalue weighted by Crippen LogP contribution is -2.31. The van der Waals surface area contributed by atoms with Crippen LogP contribution in [0.1, 0.15) is 0 Å². The monoisotopic (exact) mass is 238 g/mol. The van der Waals surface area contributed by atoms with Crippen molar-refractivity contribution < 1.29 is 14.3 Å². The summed E-state index contributed by atoms with van der Waals surface area (Å²) < 4.78 is 10.4. The normalized spacial score (nSPS) is 9.94. The molecule has 94 valence electrons. The first-order valence-corrected chi connectivity index (χ1v) is 5.55. The van der Waals surface area contributed by atoms with Crippen LogP contribution < -0.4 is 15.8 Å². The van der Waals surface area contributed by atoms with E-state index in [0.29, 0.717) is 26.3 Å². The lowest BCUT2D eigenvalue weighted by atomic mass is 10.3. The summed E-state index contributed by atoms with van der Waals surface area (Å²) in [5, 5.41) is 2.68. The number of benzene rings is 1. The molecule has 0 saturated heterocycles. The van der Waals surface area contributed by atoms with Crippen LogP contribution in [-0.4, -0.2) is 38.8 Å². The molecule has 0 heterocycles. The Kier molecular flexibility index (Phi) is 6.78. The molecule has 17 heavy (non-hydrogen) atoms. The first-order valence-electron chi connectivity index (χ1n) is 5.55. The van der Waals surface area contributed by atoms with Gasteiger partial charge in [-0.1, -0.05) is 18.2 Å². The van der Waals surface area contributed by atoms with E-state index in [1.807, 2.05) is 30.3 Å². The number of ether oxygens (including phenoxy) is 2. The van der Waals surface area contributed by atoms with Gasteiger partial charge in [-0.05, 0) is 12.1 Å². The molecule has 0 aromatic heterocycles. The second-order valence-electron chi connectivity index (χ2n) is 3.35. The molecule has 0 atom stereocenters. The van der Waals surface area contributed by atoms with E-state index in [9.17, 15) is 4.79 Å². The van der Waals surface area contributed by atoms with Crippen molar-refractivity contribution in [2.24, 2.45) is 5.73 Å². The van der Waals surface area contributed by atoms with E-state index >= 15 is 0 Å². The predicted molar refractivity (Wildman–Crippen MR) is 64.8 cm³/mol. The van der Waals surface area contributed by atoms with E-state index in [1.165, 1.54) is 0 Å². The molecule has 1 rings (SSSR count). The number of para-hydroxylation sites is 1. The van der Waals surface area contributed by atoms with Crippen LogP contribution in [0.15, 0.2) is 30.3 Å². The third-order valence-electron chi connectivity index (χ3n) is 1.93. The predicted octanol–water partition coefficient (Wildman–Crippen LogP) is 0.157. The second kappa shape index (κ2) is 8.55. The molecule has 0 aliphatic heterocycles. The molecule has 0 spiro atoms. The van der Waals surface area contributed by atoms with Gasteiger partial charge >= 0.3 is 0 Å². The van der Waals surface area contributed by atoms with E-state index in [-0.39, 0.29) is 12.5 Å². The fraction of sp³-hybridized carbons (Fsp3) is 0.417. The van der Waals surface area contributed by atoms with Crippen molar-refractivity contribution >= 4 is 5.91 Å². The molecular formula is C12H18N2O3. The number of amides is 1. The van der Waals surface area contributed by atoms with Crippen LogP contribution in [0.25, 0.3) is 0 Å². The molecule has 3 N–H and O–H groups in total. The molecule has 0 bridgehead atoms. The van der Waals surface area contributed by atoms with Gasteiger partial charge in [-0.3, -0.25) is 4.79 Å². The molecular weight excluding hydrogens is 220 g/mol. The van der Waals surface area contributed by atoms with Crippen molar-refractivity contribution in [3.05, 3.63) is 30.3 Å². The van der Waals surface area contributed by atoms with Crippen molar-refractivity contribution in [2.75, 3.05) is 32.9 Å². The summed E-state index contributed by atoms with van der Waals surface area (Å²) in [4.78, 5) is 11.2. The molecule has 5 nitrogen and oxygen atoms in total. The Morgan fingerprint density at radius 1 is 1.24 bits per heavy atom. The third kappa shape index (κ3) is 6.55. The molecule has 0 aliphatic rings. The van der Waals surface area contributed by atoms with Gasteiger partial charge in [0, 0.05) is 6.54 Å². The number of rotatable bonds is 8. The summed E-state index contributed by atoms with van der Waals surface area (Å²) in [7, 11) is 0. The largest absolute Gasteiger partial charge is 0.492 e. The van der Waals surface area contributed by atoms with Crippen molar-refractivity contribution in [1.29, 1.82) is 0 Å². The van der Waals surface area contributed by atoms with E-state index in [2.05, 4.69) is 5.32 Å². The smallest absolute Gasteiger partial charge is 0.246 e. The number of carbonyl (C=O) groups is 1. The van der Waals surface area contributed by atoms with E-state index < -0.39 is 0 Å². The zero-order chi connectivity index (χ0) is 12.3. The molecule has 1 aromatic carbocycles. The number of hydrogen-bond donors (Lipinski definition) is 2. The Balaban J connectivity index is 2.02. The third-order valence-corrected chi connectivity index (χ3v) is 1.93. The minimum Gasteiger partial charge on any atom is -0.492 e. The maximum absolute atomic E-state index is 11.2.